The number of aromatic nitrogens is 1. The first-order valence-electron chi connectivity index (χ1n) is 6.53. The minimum absolute atomic E-state index is 0.252. The average molecular weight is 312 g/mol. The Kier molecular flexibility index (Phi) is 3.33. The van der Waals surface area contributed by atoms with Crippen molar-refractivity contribution in [3.8, 4) is 0 Å². The summed E-state index contributed by atoms with van der Waals surface area (Å²) in [5.74, 6) is -1.87. The van der Waals surface area contributed by atoms with E-state index in [2.05, 4.69) is 0 Å². The maximum atomic E-state index is 13.8. The van der Waals surface area contributed by atoms with Crippen molar-refractivity contribution in [1.82, 2.24) is 8.87 Å². The van der Waals surface area contributed by atoms with Crippen LogP contribution in [-0.4, -0.2) is 23.8 Å². The van der Waals surface area contributed by atoms with E-state index in [4.69, 9.17) is 0 Å². The van der Waals surface area contributed by atoms with Crippen LogP contribution in [0.2, 0.25) is 0 Å². The molecule has 1 aliphatic rings. The van der Waals surface area contributed by atoms with E-state index in [-0.39, 0.29) is 6.54 Å². The largest absolute Gasteiger partial charge is 0.349 e. The lowest BCUT2D eigenvalue weighted by Gasteiger charge is -2.33. The summed E-state index contributed by atoms with van der Waals surface area (Å²) in [5.41, 5.74) is 0.854. The molecule has 0 saturated carbocycles. The van der Waals surface area contributed by atoms with Gasteiger partial charge in [0, 0.05) is 31.0 Å². The van der Waals surface area contributed by atoms with Crippen LogP contribution in [0.4, 0.5) is 8.78 Å². The highest BCUT2D eigenvalue weighted by atomic mass is 32.2. The fourth-order valence-corrected chi connectivity index (χ4v) is 4.34. The van der Waals surface area contributed by atoms with Crippen LogP contribution in [0.25, 0.3) is 0 Å². The highest BCUT2D eigenvalue weighted by Crippen LogP contribution is 2.31. The predicted octanol–water partition coefficient (Wildman–Crippen LogP) is 2.53. The Hall–Kier alpha value is -1.73. The number of halogens is 2. The van der Waals surface area contributed by atoms with Crippen LogP contribution >= 0.6 is 0 Å². The van der Waals surface area contributed by atoms with Crippen LogP contribution in [0.5, 0.6) is 0 Å². The van der Waals surface area contributed by atoms with Gasteiger partial charge in [-0.25, -0.2) is 17.2 Å². The first kappa shape index (κ1) is 14.2. The van der Waals surface area contributed by atoms with Gasteiger partial charge in [0.05, 0.1) is 6.04 Å². The van der Waals surface area contributed by atoms with Crippen molar-refractivity contribution in [3.05, 3.63) is 53.9 Å². The maximum Gasteiger partial charge on any atom is 0.246 e. The molecule has 0 unspecified atom stereocenters. The predicted molar refractivity (Wildman–Crippen MR) is 73.1 cm³/mol. The monoisotopic (exact) mass is 312 g/mol. The summed E-state index contributed by atoms with van der Waals surface area (Å²) in [6.07, 6.45) is 1.88. The number of hydrogen-bond acceptors (Lipinski definition) is 2. The van der Waals surface area contributed by atoms with Crippen LogP contribution in [0.3, 0.4) is 0 Å². The molecule has 2 heterocycles. The third-order valence-electron chi connectivity index (χ3n) is 3.77. The van der Waals surface area contributed by atoms with Gasteiger partial charge >= 0.3 is 0 Å². The van der Waals surface area contributed by atoms with E-state index >= 15 is 0 Å². The molecule has 21 heavy (non-hydrogen) atoms. The van der Waals surface area contributed by atoms with Gasteiger partial charge in [-0.15, -0.1) is 0 Å². The molecular formula is C14H14F2N2O2S. The fourth-order valence-electron chi connectivity index (χ4n) is 2.70. The van der Waals surface area contributed by atoms with Gasteiger partial charge in [0.2, 0.25) is 10.0 Å². The summed E-state index contributed by atoms with van der Waals surface area (Å²) >= 11 is 0. The number of hydrogen-bond donors (Lipinski definition) is 0. The molecule has 0 aliphatic carbocycles. The van der Waals surface area contributed by atoms with Crippen LogP contribution in [0.15, 0.2) is 41.4 Å². The molecule has 112 valence electrons. The molecule has 0 N–H and O–H groups in total. The summed E-state index contributed by atoms with van der Waals surface area (Å²) in [4.78, 5) is -0.490. The topological polar surface area (TPSA) is 42.3 Å². The normalized spacial score (nSPS) is 19.5. The van der Waals surface area contributed by atoms with Gasteiger partial charge in [0.15, 0.2) is 0 Å². The van der Waals surface area contributed by atoms with E-state index in [1.54, 1.807) is 6.92 Å². The van der Waals surface area contributed by atoms with Gasteiger partial charge in [-0.2, -0.15) is 4.31 Å². The SMILES string of the molecule is C[C@H]1c2cccn2CCN1S(=O)(=O)c1ccc(F)cc1F. The molecule has 0 saturated heterocycles. The molecule has 1 atom stereocenters. The second-order valence-electron chi connectivity index (χ2n) is 4.99. The Labute approximate surface area is 121 Å². The summed E-state index contributed by atoms with van der Waals surface area (Å²) in [6.45, 7) is 2.51. The Morgan fingerprint density at radius 1 is 1.19 bits per heavy atom. The maximum absolute atomic E-state index is 13.8. The van der Waals surface area contributed by atoms with E-state index in [1.165, 1.54) is 4.31 Å². The molecule has 0 spiro atoms. The van der Waals surface area contributed by atoms with Gasteiger partial charge in [0.1, 0.15) is 16.5 Å². The second-order valence-corrected chi connectivity index (χ2v) is 6.85. The molecule has 2 aromatic rings. The molecule has 1 aromatic carbocycles. The molecule has 7 heteroatoms. The zero-order valence-corrected chi connectivity index (χ0v) is 12.1. The molecule has 0 fully saturated rings. The molecule has 0 bridgehead atoms. The Morgan fingerprint density at radius 2 is 1.95 bits per heavy atom. The van der Waals surface area contributed by atoms with Gasteiger partial charge in [-0.1, -0.05) is 0 Å². The second kappa shape index (κ2) is 4.92. The zero-order valence-electron chi connectivity index (χ0n) is 11.3. The van der Waals surface area contributed by atoms with Crippen molar-refractivity contribution in [1.29, 1.82) is 0 Å². The first-order valence-corrected chi connectivity index (χ1v) is 7.97. The quantitative estimate of drug-likeness (QED) is 0.855. The Balaban J connectivity index is 2.03. The Bertz CT molecular complexity index is 786. The highest BCUT2D eigenvalue weighted by Gasteiger charge is 2.35. The lowest BCUT2D eigenvalue weighted by molar-refractivity contribution is 0.281. The fraction of sp³-hybridized carbons (Fsp3) is 0.286. The standard InChI is InChI=1S/C14H14F2N2O2S/c1-10-13-3-2-6-17(13)7-8-18(10)21(19,20)14-5-4-11(15)9-12(14)16/h2-6,9-10H,7-8H2,1H3/t10-/m0/s1. The van der Waals surface area contributed by atoms with E-state index in [0.717, 1.165) is 17.8 Å². The van der Waals surface area contributed by atoms with E-state index < -0.39 is 32.6 Å². The minimum atomic E-state index is -4.00. The van der Waals surface area contributed by atoms with Gasteiger partial charge < -0.3 is 4.57 Å². The van der Waals surface area contributed by atoms with Crippen molar-refractivity contribution < 1.29 is 17.2 Å². The van der Waals surface area contributed by atoms with Crippen molar-refractivity contribution in [2.24, 2.45) is 0 Å². The number of fused-ring (bicyclic) bond motifs is 1. The average Bonchev–Trinajstić information content (AvgIpc) is 2.87. The van der Waals surface area contributed by atoms with Gasteiger partial charge in [0.25, 0.3) is 0 Å². The molecule has 0 radical (unpaired) electrons. The van der Waals surface area contributed by atoms with Crippen LogP contribution < -0.4 is 0 Å². The number of nitrogens with zero attached hydrogens (tertiary/aromatic N) is 2. The smallest absolute Gasteiger partial charge is 0.246 e. The molecule has 0 amide bonds. The van der Waals surface area contributed by atoms with Crippen molar-refractivity contribution in [2.75, 3.05) is 6.54 Å². The molecule has 4 nitrogen and oxygen atoms in total. The minimum Gasteiger partial charge on any atom is -0.349 e. The van der Waals surface area contributed by atoms with E-state index in [0.29, 0.717) is 12.6 Å². The van der Waals surface area contributed by atoms with Gasteiger partial charge in [-0.05, 0) is 31.2 Å². The first-order chi connectivity index (χ1) is 9.91. The summed E-state index contributed by atoms with van der Waals surface area (Å²) in [6, 6.07) is 5.80. The summed E-state index contributed by atoms with van der Waals surface area (Å²) < 4.78 is 55.2. The highest BCUT2D eigenvalue weighted by molar-refractivity contribution is 7.89. The molecule has 1 aliphatic heterocycles. The molecule has 3 rings (SSSR count). The van der Waals surface area contributed by atoms with Crippen molar-refractivity contribution >= 4 is 10.0 Å². The lowest BCUT2D eigenvalue weighted by Crippen LogP contribution is -2.40. The third-order valence-corrected chi connectivity index (χ3v) is 5.77. The third kappa shape index (κ3) is 2.26. The zero-order chi connectivity index (χ0) is 15.2. The van der Waals surface area contributed by atoms with Gasteiger partial charge in [-0.3, -0.25) is 0 Å². The lowest BCUT2D eigenvalue weighted by atomic mass is 10.2. The number of sulfonamides is 1. The van der Waals surface area contributed by atoms with Crippen molar-refractivity contribution in [3.63, 3.8) is 0 Å². The Morgan fingerprint density at radius 3 is 2.67 bits per heavy atom. The molecular weight excluding hydrogens is 298 g/mol. The van der Waals surface area contributed by atoms with E-state index in [9.17, 15) is 17.2 Å². The van der Waals surface area contributed by atoms with E-state index in [1.807, 2.05) is 22.9 Å². The van der Waals surface area contributed by atoms with Crippen LogP contribution in [0.1, 0.15) is 18.7 Å². The van der Waals surface area contributed by atoms with Crippen LogP contribution in [0, 0.1) is 11.6 Å². The summed E-state index contributed by atoms with van der Waals surface area (Å²) in [7, 11) is -4.00. The number of benzene rings is 1. The molecule has 1 aromatic heterocycles. The number of rotatable bonds is 2. The van der Waals surface area contributed by atoms with Crippen LogP contribution in [-0.2, 0) is 16.6 Å². The summed E-state index contributed by atoms with van der Waals surface area (Å²) in [5, 5.41) is 0. The van der Waals surface area contributed by atoms with Crippen molar-refractivity contribution in [2.45, 2.75) is 24.4 Å².